The van der Waals surface area contributed by atoms with Crippen LogP contribution in [0.4, 0.5) is 11.4 Å². The molecule has 3 atom stereocenters. The molecule has 0 radical (unpaired) electrons. The molecule has 0 aliphatic heterocycles. The van der Waals surface area contributed by atoms with Crippen LogP contribution in [0.5, 0.6) is 0 Å². The van der Waals surface area contributed by atoms with Crippen molar-refractivity contribution in [3.8, 4) is 0 Å². The number of carboxylic acids is 1. The monoisotopic (exact) mass is 568 g/mol. The van der Waals surface area contributed by atoms with Crippen LogP contribution in [0.1, 0.15) is 58.0 Å². The molecule has 0 bridgehead atoms. The summed E-state index contributed by atoms with van der Waals surface area (Å²) in [5.41, 5.74) is 1.90. The molecule has 0 spiro atoms. The molecule has 0 heterocycles. The predicted octanol–water partition coefficient (Wildman–Crippen LogP) is 5.58. The largest absolute Gasteiger partial charge is 0.481 e. The van der Waals surface area contributed by atoms with Gasteiger partial charge in [0.05, 0.1) is 28.3 Å². The van der Waals surface area contributed by atoms with E-state index in [4.69, 9.17) is 0 Å². The molecule has 9 heteroatoms. The molecule has 208 valence electrons. The summed E-state index contributed by atoms with van der Waals surface area (Å²) in [4.78, 5) is 65.0. The molecule has 5 rings (SSSR count). The quantitative estimate of drug-likeness (QED) is 0.187. The second kappa shape index (κ2) is 11.9. The van der Waals surface area contributed by atoms with Gasteiger partial charge in [0.15, 0.2) is 11.6 Å². The first-order valence-corrected chi connectivity index (χ1v) is 14.2. The van der Waals surface area contributed by atoms with E-state index in [1.807, 2.05) is 19.1 Å². The van der Waals surface area contributed by atoms with Gasteiger partial charge in [0.1, 0.15) is 0 Å². The summed E-state index contributed by atoms with van der Waals surface area (Å²) < 4.78 is 0. The van der Waals surface area contributed by atoms with Gasteiger partial charge < -0.3 is 15.7 Å². The average Bonchev–Trinajstić information content (AvgIpc) is 2.98. The van der Waals surface area contributed by atoms with E-state index >= 15 is 0 Å². The zero-order valence-electron chi connectivity index (χ0n) is 22.3. The summed E-state index contributed by atoms with van der Waals surface area (Å²) >= 11 is 1.31. The van der Waals surface area contributed by atoms with Crippen molar-refractivity contribution in [2.75, 3.05) is 10.6 Å². The van der Waals surface area contributed by atoms with Gasteiger partial charge in [-0.05, 0) is 43.5 Å². The Morgan fingerprint density at radius 2 is 1.51 bits per heavy atom. The minimum atomic E-state index is -0.995. The molecule has 8 nitrogen and oxygen atoms in total. The fraction of sp³-hybridized carbons (Fsp3) is 0.219. The number of amides is 2. The zero-order valence-corrected chi connectivity index (χ0v) is 23.1. The molecule has 0 fully saturated rings. The minimum Gasteiger partial charge on any atom is -0.481 e. The number of hydrogen-bond acceptors (Lipinski definition) is 6. The number of allylic oxidation sites excluding steroid dienone is 2. The summed E-state index contributed by atoms with van der Waals surface area (Å²) in [5.74, 6) is -3.68. The second-order valence-corrected chi connectivity index (χ2v) is 11.2. The summed E-state index contributed by atoms with van der Waals surface area (Å²) in [6.45, 7) is 1.87. The van der Waals surface area contributed by atoms with Crippen LogP contribution in [-0.2, 0) is 14.4 Å². The van der Waals surface area contributed by atoms with Crippen LogP contribution < -0.4 is 10.6 Å². The standard InChI is InChI=1S/C32H28N2O6S/c1-2-26(41-19-10-7-9-18(17-19)33-30(37)22-13-5-6-14-23(22)32(39)40)31(38)34-25-16-8-15-24-27(25)29(36)21-12-4-3-11-20(21)28(24)35/h3-12,15-17,22-23,26H,2,13-14H2,1H3,(H,33,37)(H,34,38)(H,39,40). The molecule has 2 aliphatic carbocycles. The zero-order chi connectivity index (χ0) is 29.1. The number of benzene rings is 3. The second-order valence-electron chi connectivity index (χ2n) is 9.95. The summed E-state index contributed by atoms with van der Waals surface area (Å²) in [6.07, 6.45) is 4.76. The lowest BCUT2D eigenvalue weighted by Crippen LogP contribution is -2.34. The van der Waals surface area contributed by atoms with Crippen LogP contribution in [0, 0.1) is 11.8 Å². The SMILES string of the molecule is CCC(Sc1cccc(NC(=O)C2CC=CCC2C(=O)O)c1)C(=O)Nc1cccc2c1C(=O)c1ccccc1C2=O. The Bertz CT molecular complexity index is 1600. The number of aliphatic carboxylic acids is 1. The molecule has 3 aromatic rings. The van der Waals surface area contributed by atoms with E-state index in [0.29, 0.717) is 36.1 Å². The van der Waals surface area contributed by atoms with Gasteiger partial charge in [-0.15, -0.1) is 11.8 Å². The third kappa shape index (κ3) is 5.71. The number of thioether (sulfide) groups is 1. The third-order valence-corrected chi connectivity index (χ3v) is 8.70. The van der Waals surface area contributed by atoms with E-state index in [2.05, 4.69) is 10.6 Å². The Labute approximate surface area is 241 Å². The molecular formula is C32H28N2O6S. The average molecular weight is 569 g/mol. The molecule has 2 amide bonds. The topological polar surface area (TPSA) is 130 Å². The molecule has 3 unspecified atom stereocenters. The summed E-state index contributed by atoms with van der Waals surface area (Å²) in [6, 6.07) is 18.5. The Hall–Kier alpha value is -4.50. The van der Waals surface area contributed by atoms with E-state index in [1.54, 1.807) is 66.7 Å². The predicted molar refractivity (Wildman–Crippen MR) is 156 cm³/mol. The molecule has 0 saturated heterocycles. The third-order valence-electron chi connectivity index (χ3n) is 7.34. The van der Waals surface area contributed by atoms with Crippen LogP contribution in [0.2, 0.25) is 0 Å². The summed E-state index contributed by atoms with van der Waals surface area (Å²) in [7, 11) is 0. The van der Waals surface area contributed by atoms with E-state index in [9.17, 15) is 29.1 Å². The number of carbonyl (C=O) groups excluding carboxylic acids is 4. The Morgan fingerprint density at radius 3 is 2.22 bits per heavy atom. The lowest BCUT2D eigenvalue weighted by Gasteiger charge is -2.24. The maximum absolute atomic E-state index is 13.4. The Kier molecular flexibility index (Phi) is 8.16. The number of carbonyl (C=O) groups is 5. The highest BCUT2D eigenvalue weighted by Gasteiger charge is 2.34. The van der Waals surface area contributed by atoms with Crippen molar-refractivity contribution in [3.63, 3.8) is 0 Å². The van der Waals surface area contributed by atoms with Gasteiger partial charge in [-0.2, -0.15) is 0 Å². The highest BCUT2D eigenvalue weighted by molar-refractivity contribution is 8.00. The number of nitrogens with one attached hydrogen (secondary N) is 2. The van der Waals surface area contributed by atoms with Crippen molar-refractivity contribution >= 4 is 52.5 Å². The Morgan fingerprint density at radius 1 is 0.854 bits per heavy atom. The number of ketones is 2. The van der Waals surface area contributed by atoms with E-state index in [-0.39, 0.29) is 40.2 Å². The number of hydrogen-bond donors (Lipinski definition) is 3. The first-order valence-electron chi connectivity index (χ1n) is 13.4. The van der Waals surface area contributed by atoms with Crippen LogP contribution >= 0.6 is 11.8 Å². The van der Waals surface area contributed by atoms with Gasteiger partial charge in [0, 0.05) is 27.3 Å². The van der Waals surface area contributed by atoms with Gasteiger partial charge in [-0.1, -0.05) is 61.5 Å². The molecule has 2 aliphatic rings. The minimum absolute atomic E-state index is 0.186. The van der Waals surface area contributed by atoms with Crippen LogP contribution in [-0.4, -0.2) is 39.7 Å². The summed E-state index contributed by atoms with van der Waals surface area (Å²) in [5, 5.41) is 14.7. The van der Waals surface area contributed by atoms with E-state index in [0.717, 1.165) is 4.90 Å². The van der Waals surface area contributed by atoms with Crippen molar-refractivity contribution in [2.45, 2.75) is 36.3 Å². The van der Waals surface area contributed by atoms with Crippen molar-refractivity contribution < 1.29 is 29.1 Å². The smallest absolute Gasteiger partial charge is 0.307 e. The van der Waals surface area contributed by atoms with Crippen molar-refractivity contribution in [2.24, 2.45) is 11.8 Å². The van der Waals surface area contributed by atoms with E-state index in [1.165, 1.54) is 11.8 Å². The maximum atomic E-state index is 13.4. The van der Waals surface area contributed by atoms with Crippen molar-refractivity contribution in [3.05, 3.63) is 101 Å². The van der Waals surface area contributed by atoms with Crippen LogP contribution in [0.15, 0.2) is 83.8 Å². The van der Waals surface area contributed by atoms with Gasteiger partial charge in [0.2, 0.25) is 11.8 Å². The van der Waals surface area contributed by atoms with Crippen LogP contribution in [0.3, 0.4) is 0 Å². The van der Waals surface area contributed by atoms with Gasteiger partial charge in [-0.3, -0.25) is 24.0 Å². The van der Waals surface area contributed by atoms with Crippen molar-refractivity contribution in [1.82, 2.24) is 0 Å². The lowest BCUT2D eigenvalue weighted by molar-refractivity contribution is -0.146. The highest BCUT2D eigenvalue weighted by Crippen LogP contribution is 2.34. The highest BCUT2D eigenvalue weighted by atomic mass is 32.2. The molecule has 0 aromatic heterocycles. The van der Waals surface area contributed by atoms with Crippen LogP contribution in [0.25, 0.3) is 0 Å². The number of anilines is 2. The molecule has 41 heavy (non-hydrogen) atoms. The van der Waals surface area contributed by atoms with Crippen molar-refractivity contribution in [1.29, 1.82) is 0 Å². The molecular weight excluding hydrogens is 540 g/mol. The molecule has 0 saturated carbocycles. The van der Waals surface area contributed by atoms with E-state index < -0.39 is 23.1 Å². The molecule has 3 aromatic carbocycles. The first-order chi connectivity index (χ1) is 19.8. The fourth-order valence-corrected chi connectivity index (χ4v) is 6.22. The number of rotatable bonds is 8. The fourth-order valence-electron chi connectivity index (χ4n) is 5.21. The first kappa shape index (κ1) is 28.0. The number of fused-ring (bicyclic) bond motifs is 2. The van der Waals surface area contributed by atoms with Gasteiger partial charge >= 0.3 is 5.97 Å². The normalized spacial score (nSPS) is 18.2. The number of carboxylic acid groups (broad SMARTS) is 1. The molecule has 3 N–H and O–H groups in total. The maximum Gasteiger partial charge on any atom is 0.307 e. The van der Waals surface area contributed by atoms with Gasteiger partial charge in [-0.25, -0.2) is 0 Å². The Balaban J connectivity index is 1.30. The van der Waals surface area contributed by atoms with Gasteiger partial charge in [0.25, 0.3) is 0 Å². The lowest BCUT2D eigenvalue weighted by atomic mass is 9.82.